The number of nitrogens with one attached hydrogen (secondary N) is 1. The maximum Gasteiger partial charge on any atom is 0.269 e. The number of nitro benzene ring substituents is 1. The summed E-state index contributed by atoms with van der Waals surface area (Å²) < 4.78 is 6.93. The lowest BCUT2D eigenvalue weighted by Gasteiger charge is -2.12. The number of ether oxygens (including phenoxy) is 1. The van der Waals surface area contributed by atoms with Gasteiger partial charge in [-0.05, 0) is 23.3 Å². The molecule has 1 heterocycles. The van der Waals surface area contributed by atoms with Crippen molar-refractivity contribution in [3.63, 3.8) is 0 Å². The first kappa shape index (κ1) is 17.6. The average Bonchev–Trinajstić information content (AvgIpc) is 3.07. The van der Waals surface area contributed by atoms with Crippen molar-refractivity contribution in [1.82, 2.24) is 9.78 Å². The molecule has 0 aliphatic carbocycles. The Hall–Kier alpha value is -3.19. The maximum atomic E-state index is 11.0. The Morgan fingerprint density at radius 2 is 2.08 bits per heavy atom. The number of nitro groups is 1. The molecule has 0 atom stereocenters. The fourth-order valence-corrected chi connectivity index (χ4v) is 2.77. The smallest absolute Gasteiger partial charge is 0.269 e. The largest absolute Gasteiger partial charge is 0.381 e. The van der Waals surface area contributed by atoms with Crippen molar-refractivity contribution in [1.29, 1.82) is 0 Å². The molecule has 0 unspecified atom stereocenters. The topological polar surface area (TPSA) is 82.2 Å². The van der Waals surface area contributed by atoms with E-state index in [-0.39, 0.29) is 5.69 Å². The molecule has 7 heteroatoms. The molecule has 0 amide bonds. The van der Waals surface area contributed by atoms with Crippen LogP contribution in [-0.2, 0) is 24.9 Å². The second-order valence-electron chi connectivity index (χ2n) is 5.99. The fraction of sp³-hybridized carbons (Fsp3) is 0.211. The van der Waals surface area contributed by atoms with Gasteiger partial charge in [0.25, 0.3) is 5.69 Å². The Morgan fingerprint density at radius 1 is 1.23 bits per heavy atom. The van der Waals surface area contributed by atoms with Crippen LogP contribution in [0.15, 0.2) is 54.9 Å². The number of aromatic nitrogens is 2. The molecule has 0 aliphatic heterocycles. The van der Waals surface area contributed by atoms with Gasteiger partial charge in [0.1, 0.15) is 0 Å². The second-order valence-corrected chi connectivity index (χ2v) is 5.99. The Labute approximate surface area is 151 Å². The number of nitrogens with zero attached hydrogens (tertiary/aromatic N) is 3. The van der Waals surface area contributed by atoms with Crippen LogP contribution < -0.4 is 5.32 Å². The van der Waals surface area contributed by atoms with Crippen LogP contribution in [0.2, 0.25) is 0 Å². The lowest BCUT2D eigenvalue weighted by Crippen LogP contribution is -2.04. The van der Waals surface area contributed by atoms with E-state index in [2.05, 4.69) is 16.5 Å². The summed E-state index contributed by atoms with van der Waals surface area (Å²) in [6.07, 6.45) is 3.80. The van der Waals surface area contributed by atoms with E-state index < -0.39 is 4.92 Å². The van der Waals surface area contributed by atoms with Crippen molar-refractivity contribution in [2.24, 2.45) is 7.05 Å². The number of benzene rings is 2. The van der Waals surface area contributed by atoms with Gasteiger partial charge in [-0.1, -0.05) is 18.2 Å². The zero-order valence-corrected chi connectivity index (χ0v) is 14.7. The van der Waals surface area contributed by atoms with Crippen molar-refractivity contribution in [3.8, 4) is 11.1 Å². The highest BCUT2D eigenvalue weighted by Gasteiger charge is 2.11. The lowest BCUT2D eigenvalue weighted by molar-refractivity contribution is -0.384. The van der Waals surface area contributed by atoms with Gasteiger partial charge in [0.05, 0.1) is 17.7 Å². The number of hydrogen-bond donors (Lipinski definition) is 1. The molecule has 3 rings (SSSR count). The first-order chi connectivity index (χ1) is 12.6. The van der Waals surface area contributed by atoms with Crippen molar-refractivity contribution in [3.05, 3.63) is 76.1 Å². The molecule has 1 aromatic heterocycles. The first-order valence-corrected chi connectivity index (χ1v) is 8.15. The Balaban J connectivity index is 1.77. The molecule has 0 saturated carbocycles. The van der Waals surface area contributed by atoms with E-state index >= 15 is 0 Å². The highest BCUT2D eigenvalue weighted by Crippen LogP contribution is 2.24. The third kappa shape index (κ3) is 4.07. The lowest BCUT2D eigenvalue weighted by atomic mass is 10.1. The van der Waals surface area contributed by atoms with Crippen LogP contribution in [0, 0.1) is 10.1 Å². The van der Waals surface area contributed by atoms with Gasteiger partial charge in [0, 0.05) is 55.8 Å². The number of rotatable bonds is 7. The molecule has 0 saturated heterocycles. The molecule has 0 aliphatic rings. The minimum atomic E-state index is -0.402. The van der Waals surface area contributed by atoms with Gasteiger partial charge in [-0.2, -0.15) is 5.10 Å². The quantitative estimate of drug-likeness (QED) is 0.517. The van der Waals surface area contributed by atoms with Crippen molar-refractivity contribution >= 4 is 11.4 Å². The summed E-state index contributed by atoms with van der Waals surface area (Å²) in [4.78, 5) is 10.6. The van der Waals surface area contributed by atoms with Gasteiger partial charge >= 0.3 is 0 Å². The van der Waals surface area contributed by atoms with Gasteiger partial charge in [-0.3, -0.25) is 14.8 Å². The van der Waals surface area contributed by atoms with Gasteiger partial charge in [0.15, 0.2) is 0 Å². The normalized spacial score (nSPS) is 10.7. The molecular formula is C19H20N4O3. The van der Waals surface area contributed by atoms with Crippen molar-refractivity contribution in [2.45, 2.75) is 13.2 Å². The van der Waals surface area contributed by atoms with E-state index in [9.17, 15) is 10.1 Å². The van der Waals surface area contributed by atoms with E-state index in [1.54, 1.807) is 17.9 Å². The second kappa shape index (κ2) is 7.79. The summed E-state index contributed by atoms with van der Waals surface area (Å²) >= 11 is 0. The zero-order chi connectivity index (χ0) is 18.5. The van der Waals surface area contributed by atoms with Gasteiger partial charge in [0.2, 0.25) is 0 Å². The Morgan fingerprint density at radius 3 is 2.77 bits per heavy atom. The molecule has 134 valence electrons. The minimum absolute atomic E-state index is 0.0566. The molecule has 0 spiro atoms. The molecule has 2 aromatic carbocycles. The number of anilines is 1. The predicted octanol–water partition coefficient (Wildman–Crippen LogP) is 3.75. The molecule has 7 nitrogen and oxygen atoms in total. The van der Waals surface area contributed by atoms with Crippen LogP contribution >= 0.6 is 0 Å². The van der Waals surface area contributed by atoms with Gasteiger partial charge in [-0.15, -0.1) is 0 Å². The van der Waals surface area contributed by atoms with E-state index in [0.29, 0.717) is 13.2 Å². The summed E-state index contributed by atoms with van der Waals surface area (Å²) in [6.45, 7) is 0.905. The minimum Gasteiger partial charge on any atom is -0.381 e. The fourth-order valence-electron chi connectivity index (χ4n) is 2.77. The third-order valence-corrected chi connectivity index (χ3v) is 4.05. The number of non-ortho nitro benzene ring substituents is 1. The summed E-state index contributed by atoms with van der Waals surface area (Å²) in [5.74, 6) is 0. The van der Waals surface area contributed by atoms with Crippen LogP contribution in [0.5, 0.6) is 0 Å². The van der Waals surface area contributed by atoms with Gasteiger partial charge < -0.3 is 10.1 Å². The molecule has 0 radical (unpaired) electrons. The molecule has 0 fully saturated rings. The third-order valence-electron chi connectivity index (χ3n) is 4.05. The van der Waals surface area contributed by atoms with Crippen molar-refractivity contribution in [2.75, 3.05) is 12.4 Å². The van der Waals surface area contributed by atoms with Crippen LogP contribution in [0.4, 0.5) is 11.4 Å². The van der Waals surface area contributed by atoms with E-state index in [1.807, 2.05) is 37.6 Å². The van der Waals surface area contributed by atoms with E-state index in [1.165, 1.54) is 12.1 Å². The Kier molecular flexibility index (Phi) is 5.28. The van der Waals surface area contributed by atoms with Crippen LogP contribution in [0.25, 0.3) is 11.1 Å². The number of aryl methyl sites for hydroxylation is 1. The maximum absolute atomic E-state index is 11.0. The van der Waals surface area contributed by atoms with E-state index in [0.717, 1.165) is 27.9 Å². The monoisotopic (exact) mass is 352 g/mol. The summed E-state index contributed by atoms with van der Waals surface area (Å²) in [6, 6.07) is 12.9. The average molecular weight is 352 g/mol. The Bertz CT molecular complexity index is 921. The van der Waals surface area contributed by atoms with Crippen molar-refractivity contribution < 1.29 is 9.66 Å². The molecule has 0 bridgehead atoms. The van der Waals surface area contributed by atoms with Crippen LogP contribution in [-0.4, -0.2) is 21.8 Å². The van der Waals surface area contributed by atoms with Crippen LogP contribution in [0.1, 0.15) is 11.1 Å². The zero-order valence-electron chi connectivity index (χ0n) is 14.7. The standard InChI is InChI=1S/C19H20N4O3/c1-22-12-17(11-21-22)15-5-3-4-14(8-15)10-20-19-7-6-18(23(24)25)9-16(19)13-26-2/h3-9,11-12,20H,10,13H2,1-2H3. The summed E-state index contributed by atoms with van der Waals surface area (Å²) in [5.41, 5.74) is 4.89. The summed E-state index contributed by atoms with van der Waals surface area (Å²) in [5, 5.41) is 18.5. The molecule has 1 N–H and O–H groups in total. The highest BCUT2D eigenvalue weighted by molar-refractivity contribution is 5.63. The number of hydrogen-bond acceptors (Lipinski definition) is 5. The first-order valence-electron chi connectivity index (χ1n) is 8.15. The SMILES string of the molecule is COCc1cc([N+](=O)[O-])ccc1NCc1cccc(-c2cnn(C)c2)c1. The number of methoxy groups -OCH3 is 1. The summed E-state index contributed by atoms with van der Waals surface area (Å²) in [7, 11) is 3.46. The molecule has 26 heavy (non-hydrogen) atoms. The molecule has 3 aromatic rings. The van der Waals surface area contributed by atoms with E-state index in [4.69, 9.17) is 4.74 Å². The van der Waals surface area contributed by atoms with Gasteiger partial charge in [-0.25, -0.2) is 0 Å². The highest BCUT2D eigenvalue weighted by atomic mass is 16.6. The molecular weight excluding hydrogens is 332 g/mol. The van der Waals surface area contributed by atoms with Crippen LogP contribution in [0.3, 0.4) is 0 Å². The predicted molar refractivity (Wildman–Crippen MR) is 99.8 cm³/mol.